The van der Waals surface area contributed by atoms with Crippen LogP contribution in [0.25, 0.3) is 17.3 Å². The molecule has 1 aromatic carbocycles. The molecule has 0 bridgehead atoms. The molecule has 90 valence electrons. The Morgan fingerprint density at radius 1 is 1.11 bits per heavy atom. The molecular weight excluding hydrogens is 288 g/mol. The Hall–Kier alpha value is -1.74. The minimum atomic E-state index is 0.926. The van der Waals surface area contributed by atoms with Crippen molar-refractivity contribution in [1.29, 1.82) is 0 Å². The zero-order chi connectivity index (χ0) is 12.8. The molecule has 0 unspecified atom stereocenters. The first-order valence-electron chi connectivity index (χ1n) is 5.61. The van der Waals surface area contributed by atoms with Crippen LogP contribution in [-0.4, -0.2) is 18.2 Å². The molecule has 2 rings (SSSR count). The third-order valence-corrected chi connectivity index (χ3v) is 2.94. The highest BCUT2D eigenvalue weighted by Gasteiger charge is 1.99. The van der Waals surface area contributed by atoms with Crippen LogP contribution in [0.2, 0.25) is 0 Å². The second-order valence-electron chi connectivity index (χ2n) is 3.72. The van der Waals surface area contributed by atoms with Gasteiger partial charge in [0.15, 0.2) is 0 Å². The molecule has 18 heavy (non-hydrogen) atoms. The normalized spacial score (nSPS) is 11.4. The van der Waals surface area contributed by atoms with Crippen molar-refractivity contribution in [3.8, 4) is 11.3 Å². The van der Waals surface area contributed by atoms with E-state index in [0.29, 0.717) is 0 Å². The highest BCUT2D eigenvalue weighted by atomic mass is 79.9. The van der Waals surface area contributed by atoms with Gasteiger partial charge in [-0.3, -0.25) is 4.99 Å². The van der Waals surface area contributed by atoms with Crippen molar-refractivity contribution in [3.05, 3.63) is 58.7 Å². The van der Waals surface area contributed by atoms with E-state index in [2.05, 4.69) is 25.9 Å². The van der Waals surface area contributed by atoms with Gasteiger partial charge < -0.3 is 0 Å². The Kier molecular flexibility index (Phi) is 4.42. The molecular formula is C15H13BrN2. The maximum Gasteiger partial charge on any atom is 0.0709 e. The molecule has 0 aliphatic carbocycles. The first-order chi connectivity index (χ1) is 8.79. The quantitative estimate of drug-likeness (QED) is 0.779. The van der Waals surface area contributed by atoms with Gasteiger partial charge in [0.25, 0.3) is 0 Å². The van der Waals surface area contributed by atoms with Gasteiger partial charge in [-0.1, -0.05) is 34.1 Å². The van der Waals surface area contributed by atoms with E-state index in [9.17, 15) is 0 Å². The number of allylic oxidation sites excluding steroid dienone is 1. The Bertz CT molecular complexity index is 571. The molecule has 0 fully saturated rings. The van der Waals surface area contributed by atoms with Gasteiger partial charge >= 0.3 is 0 Å². The minimum Gasteiger partial charge on any atom is -0.297 e. The SMILES string of the molecule is C/N=C\C=C\c1cccc(-c2ccc(Br)cc2)n1. The lowest BCUT2D eigenvalue weighted by Gasteiger charge is -2.02. The van der Waals surface area contributed by atoms with Crippen LogP contribution in [0.15, 0.2) is 58.0 Å². The second-order valence-corrected chi connectivity index (χ2v) is 4.64. The number of aromatic nitrogens is 1. The molecule has 2 aromatic rings. The largest absolute Gasteiger partial charge is 0.297 e. The highest BCUT2D eigenvalue weighted by molar-refractivity contribution is 9.10. The van der Waals surface area contributed by atoms with Crippen molar-refractivity contribution in [3.63, 3.8) is 0 Å². The van der Waals surface area contributed by atoms with E-state index in [-0.39, 0.29) is 0 Å². The van der Waals surface area contributed by atoms with Gasteiger partial charge in [-0.05, 0) is 36.4 Å². The van der Waals surface area contributed by atoms with E-state index in [4.69, 9.17) is 0 Å². The summed E-state index contributed by atoms with van der Waals surface area (Å²) in [6.45, 7) is 0. The van der Waals surface area contributed by atoms with Gasteiger partial charge in [0.1, 0.15) is 0 Å². The summed E-state index contributed by atoms with van der Waals surface area (Å²) in [5.41, 5.74) is 3.01. The van der Waals surface area contributed by atoms with E-state index in [1.54, 1.807) is 13.3 Å². The minimum absolute atomic E-state index is 0.926. The number of hydrogen-bond donors (Lipinski definition) is 0. The van der Waals surface area contributed by atoms with Gasteiger partial charge in [0.05, 0.1) is 11.4 Å². The van der Waals surface area contributed by atoms with Crippen molar-refractivity contribution >= 4 is 28.2 Å². The average Bonchev–Trinajstić information content (AvgIpc) is 2.40. The van der Waals surface area contributed by atoms with Crippen LogP contribution in [0, 0.1) is 0 Å². The number of rotatable bonds is 3. The fraction of sp³-hybridized carbons (Fsp3) is 0.0667. The third kappa shape index (κ3) is 3.37. The van der Waals surface area contributed by atoms with Gasteiger partial charge in [0, 0.05) is 23.3 Å². The van der Waals surface area contributed by atoms with Crippen molar-refractivity contribution in [2.45, 2.75) is 0 Å². The maximum absolute atomic E-state index is 4.58. The molecule has 3 heteroatoms. The molecule has 0 saturated heterocycles. The van der Waals surface area contributed by atoms with Crippen molar-refractivity contribution in [1.82, 2.24) is 4.98 Å². The average molecular weight is 301 g/mol. The number of aliphatic imine (C=N–C) groups is 1. The van der Waals surface area contributed by atoms with Gasteiger partial charge in [-0.2, -0.15) is 0 Å². The van der Waals surface area contributed by atoms with Crippen LogP contribution in [-0.2, 0) is 0 Å². The lowest BCUT2D eigenvalue weighted by molar-refractivity contribution is 1.29. The molecule has 1 aromatic heterocycles. The topological polar surface area (TPSA) is 25.2 Å². The molecule has 0 spiro atoms. The molecule has 0 aliphatic heterocycles. The fourth-order valence-electron chi connectivity index (χ4n) is 1.55. The first-order valence-corrected chi connectivity index (χ1v) is 6.41. The number of halogens is 1. The first kappa shape index (κ1) is 12.7. The summed E-state index contributed by atoms with van der Waals surface area (Å²) in [6.07, 6.45) is 5.57. The van der Waals surface area contributed by atoms with E-state index in [1.165, 1.54) is 0 Å². The van der Waals surface area contributed by atoms with E-state index in [0.717, 1.165) is 21.4 Å². The number of hydrogen-bond acceptors (Lipinski definition) is 2. The highest BCUT2D eigenvalue weighted by Crippen LogP contribution is 2.20. The molecule has 0 aliphatic rings. The van der Waals surface area contributed by atoms with Crippen LogP contribution < -0.4 is 0 Å². The second kappa shape index (κ2) is 6.26. The van der Waals surface area contributed by atoms with E-state index < -0.39 is 0 Å². The van der Waals surface area contributed by atoms with Gasteiger partial charge in [-0.25, -0.2) is 4.98 Å². The Balaban J connectivity index is 2.29. The van der Waals surface area contributed by atoms with Gasteiger partial charge in [-0.15, -0.1) is 0 Å². The lowest BCUT2D eigenvalue weighted by Crippen LogP contribution is -1.86. The molecule has 0 N–H and O–H groups in total. The number of pyridine rings is 1. The Morgan fingerprint density at radius 2 is 1.89 bits per heavy atom. The Morgan fingerprint density at radius 3 is 2.61 bits per heavy atom. The summed E-state index contributed by atoms with van der Waals surface area (Å²) in [5, 5.41) is 0. The summed E-state index contributed by atoms with van der Waals surface area (Å²) in [5.74, 6) is 0. The van der Waals surface area contributed by atoms with Crippen LogP contribution >= 0.6 is 15.9 Å². The predicted molar refractivity (Wildman–Crippen MR) is 80.8 cm³/mol. The lowest BCUT2D eigenvalue weighted by atomic mass is 10.1. The van der Waals surface area contributed by atoms with Crippen LogP contribution in [0.1, 0.15) is 5.69 Å². The van der Waals surface area contributed by atoms with Crippen molar-refractivity contribution in [2.24, 2.45) is 4.99 Å². The van der Waals surface area contributed by atoms with Gasteiger partial charge in [0.2, 0.25) is 0 Å². The zero-order valence-electron chi connectivity index (χ0n) is 10.0. The fourth-order valence-corrected chi connectivity index (χ4v) is 1.82. The third-order valence-electron chi connectivity index (χ3n) is 2.41. The maximum atomic E-state index is 4.58. The molecule has 0 atom stereocenters. The van der Waals surface area contributed by atoms with Crippen LogP contribution in [0.5, 0.6) is 0 Å². The number of nitrogens with zero attached hydrogens (tertiary/aromatic N) is 2. The molecule has 0 radical (unpaired) electrons. The molecule has 1 heterocycles. The van der Waals surface area contributed by atoms with E-state index in [1.807, 2.05) is 54.6 Å². The van der Waals surface area contributed by atoms with Crippen molar-refractivity contribution in [2.75, 3.05) is 7.05 Å². The van der Waals surface area contributed by atoms with Crippen LogP contribution in [0.4, 0.5) is 0 Å². The zero-order valence-corrected chi connectivity index (χ0v) is 11.6. The summed E-state index contributed by atoms with van der Waals surface area (Å²) >= 11 is 3.43. The van der Waals surface area contributed by atoms with Crippen LogP contribution in [0.3, 0.4) is 0 Å². The smallest absolute Gasteiger partial charge is 0.0709 e. The Labute approximate surface area is 115 Å². The predicted octanol–water partition coefficient (Wildman–Crippen LogP) is 4.22. The number of benzene rings is 1. The summed E-state index contributed by atoms with van der Waals surface area (Å²) in [7, 11) is 1.75. The summed E-state index contributed by atoms with van der Waals surface area (Å²) in [6, 6.07) is 14.1. The summed E-state index contributed by atoms with van der Waals surface area (Å²) < 4.78 is 1.07. The monoisotopic (exact) mass is 300 g/mol. The molecule has 0 amide bonds. The molecule has 0 saturated carbocycles. The van der Waals surface area contributed by atoms with E-state index >= 15 is 0 Å². The summed E-state index contributed by atoms with van der Waals surface area (Å²) in [4.78, 5) is 8.48. The van der Waals surface area contributed by atoms with Crippen molar-refractivity contribution < 1.29 is 0 Å². The standard InChI is InChI=1S/C15H13BrN2/c1-17-11-3-5-14-4-2-6-15(18-14)12-7-9-13(16)10-8-12/h2-11H,1H3/b5-3+,17-11-. The molecule has 2 nitrogen and oxygen atoms in total.